The fourth-order valence-corrected chi connectivity index (χ4v) is 3.90. The summed E-state index contributed by atoms with van der Waals surface area (Å²) in [5.74, 6) is 1.61. The third-order valence-corrected chi connectivity index (χ3v) is 4.92. The molecular formula is C18H32N4O3S. The Balaban J connectivity index is 0.000000431. The van der Waals surface area contributed by atoms with Gasteiger partial charge in [0.25, 0.3) is 10.1 Å². The highest BCUT2D eigenvalue weighted by Gasteiger charge is 2.35. The van der Waals surface area contributed by atoms with Crippen molar-refractivity contribution in [1.29, 1.82) is 0 Å². The van der Waals surface area contributed by atoms with Crippen molar-refractivity contribution in [3.63, 3.8) is 0 Å². The zero-order valence-corrected chi connectivity index (χ0v) is 16.9. The van der Waals surface area contributed by atoms with Crippen LogP contribution in [0.5, 0.6) is 0 Å². The Kier molecular flexibility index (Phi) is 7.79. The van der Waals surface area contributed by atoms with Gasteiger partial charge in [0, 0.05) is 24.5 Å². The fourth-order valence-electron chi connectivity index (χ4n) is 3.90. The highest BCUT2D eigenvalue weighted by atomic mass is 32.2. The second kappa shape index (κ2) is 9.62. The van der Waals surface area contributed by atoms with Gasteiger partial charge in [0.05, 0.1) is 6.26 Å². The van der Waals surface area contributed by atoms with Crippen molar-refractivity contribution in [1.82, 2.24) is 14.9 Å². The largest absolute Gasteiger partial charge is 0.354 e. The molecule has 0 aromatic carbocycles. The summed E-state index contributed by atoms with van der Waals surface area (Å²) >= 11 is 0. The monoisotopic (exact) mass is 384 g/mol. The molecule has 0 bridgehead atoms. The Morgan fingerprint density at radius 1 is 1.31 bits per heavy atom. The number of hydrogen-bond donors (Lipinski definition) is 2. The van der Waals surface area contributed by atoms with Crippen molar-refractivity contribution in [2.75, 3.05) is 31.2 Å². The Bertz CT molecular complexity index is 671. The molecule has 2 heterocycles. The zero-order valence-electron chi connectivity index (χ0n) is 16.1. The lowest BCUT2D eigenvalue weighted by atomic mass is 9.77. The van der Waals surface area contributed by atoms with E-state index < -0.39 is 10.1 Å². The molecule has 148 valence electrons. The number of fused-ring (bicyclic) bond motifs is 2. The standard InChI is InChI=1S/C17H28N4.CH4O3S/c1-3-7-18-17-19-12-14-11-16-13(10-15(14)20-17)6-5-9-21(16)8-4-2;1-5(2,3)4/h12-13,16H,3-11H2,1-2H3,(H,18,19,20);1H3,(H,2,3,4)/t13-,16-;/m1./s1. The van der Waals surface area contributed by atoms with Gasteiger partial charge in [0.2, 0.25) is 5.95 Å². The smallest absolute Gasteiger partial charge is 0.261 e. The van der Waals surface area contributed by atoms with Gasteiger partial charge in [-0.25, -0.2) is 9.97 Å². The van der Waals surface area contributed by atoms with Crippen molar-refractivity contribution < 1.29 is 13.0 Å². The number of likely N-dealkylation sites (tertiary alicyclic amines) is 1. The SMILES string of the molecule is CCCNc1ncc2c(n1)C[C@H]1CCCN(CCC)[C@@H]1C2.CS(=O)(=O)O. The molecule has 0 radical (unpaired) electrons. The first-order valence-corrected chi connectivity index (χ1v) is 11.4. The van der Waals surface area contributed by atoms with E-state index in [0.717, 1.165) is 43.7 Å². The molecule has 2 aliphatic rings. The van der Waals surface area contributed by atoms with Gasteiger partial charge in [-0.05, 0) is 63.1 Å². The van der Waals surface area contributed by atoms with Gasteiger partial charge in [0.1, 0.15) is 0 Å². The Morgan fingerprint density at radius 3 is 2.69 bits per heavy atom. The first-order valence-electron chi connectivity index (χ1n) is 9.57. The molecule has 1 saturated heterocycles. The summed E-state index contributed by atoms with van der Waals surface area (Å²) in [5, 5.41) is 3.31. The number of nitrogens with zero attached hydrogens (tertiary/aromatic N) is 3. The van der Waals surface area contributed by atoms with Crippen LogP contribution in [0.1, 0.15) is 50.8 Å². The van der Waals surface area contributed by atoms with E-state index in [1.807, 2.05) is 0 Å². The van der Waals surface area contributed by atoms with E-state index in [1.54, 1.807) is 0 Å². The molecule has 7 nitrogen and oxygen atoms in total. The normalized spacial score (nSPS) is 22.6. The van der Waals surface area contributed by atoms with Gasteiger partial charge in [-0.1, -0.05) is 13.8 Å². The fraction of sp³-hybridized carbons (Fsp3) is 0.778. The minimum Gasteiger partial charge on any atom is -0.354 e. The zero-order chi connectivity index (χ0) is 19.2. The maximum atomic E-state index is 9.19. The van der Waals surface area contributed by atoms with E-state index in [2.05, 4.69) is 35.2 Å². The number of aromatic nitrogens is 2. The molecule has 3 rings (SSSR count). The van der Waals surface area contributed by atoms with Gasteiger partial charge >= 0.3 is 0 Å². The summed E-state index contributed by atoms with van der Waals surface area (Å²) in [5.41, 5.74) is 2.67. The lowest BCUT2D eigenvalue weighted by molar-refractivity contribution is 0.0845. The Labute approximate surface area is 157 Å². The molecule has 0 spiro atoms. The van der Waals surface area contributed by atoms with Crippen LogP contribution in [0.25, 0.3) is 0 Å². The van der Waals surface area contributed by atoms with Crippen LogP contribution in [0.2, 0.25) is 0 Å². The maximum absolute atomic E-state index is 9.19. The van der Waals surface area contributed by atoms with Crippen LogP contribution >= 0.6 is 0 Å². The first kappa shape index (κ1) is 21.1. The third-order valence-electron chi connectivity index (χ3n) is 4.92. The molecule has 1 aliphatic heterocycles. The highest BCUT2D eigenvalue weighted by Crippen LogP contribution is 2.34. The summed E-state index contributed by atoms with van der Waals surface area (Å²) in [6.45, 7) is 7.93. The van der Waals surface area contributed by atoms with E-state index in [0.29, 0.717) is 6.26 Å². The van der Waals surface area contributed by atoms with E-state index in [4.69, 9.17) is 9.54 Å². The summed E-state index contributed by atoms with van der Waals surface area (Å²) < 4.78 is 25.9. The van der Waals surface area contributed by atoms with Crippen molar-refractivity contribution in [3.05, 3.63) is 17.5 Å². The topological polar surface area (TPSA) is 95.4 Å². The van der Waals surface area contributed by atoms with Crippen molar-refractivity contribution in [2.24, 2.45) is 5.92 Å². The molecule has 0 unspecified atom stereocenters. The van der Waals surface area contributed by atoms with Gasteiger partial charge in [-0.15, -0.1) is 0 Å². The van der Waals surface area contributed by atoms with E-state index in [9.17, 15) is 8.42 Å². The molecule has 0 saturated carbocycles. The van der Waals surface area contributed by atoms with Crippen LogP contribution in [0, 0.1) is 5.92 Å². The molecule has 1 aromatic rings. The Morgan fingerprint density at radius 2 is 2.04 bits per heavy atom. The predicted molar refractivity (Wildman–Crippen MR) is 104 cm³/mol. The quantitative estimate of drug-likeness (QED) is 0.753. The van der Waals surface area contributed by atoms with Crippen LogP contribution in [-0.4, -0.2) is 59.8 Å². The van der Waals surface area contributed by atoms with Crippen LogP contribution in [-0.2, 0) is 23.0 Å². The summed E-state index contributed by atoms with van der Waals surface area (Å²) in [7, 11) is -3.67. The van der Waals surface area contributed by atoms with Crippen LogP contribution < -0.4 is 5.32 Å². The second-order valence-electron chi connectivity index (χ2n) is 7.24. The summed E-state index contributed by atoms with van der Waals surface area (Å²) in [6.07, 6.45) is 10.2. The highest BCUT2D eigenvalue weighted by molar-refractivity contribution is 7.85. The predicted octanol–water partition coefficient (Wildman–Crippen LogP) is 2.39. The van der Waals surface area contributed by atoms with E-state index in [1.165, 1.54) is 43.6 Å². The van der Waals surface area contributed by atoms with E-state index >= 15 is 0 Å². The van der Waals surface area contributed by atoms with Gasteiger partial charge < -0.3 is 5.32 Å². The summed E-state index contributed by atoms with van der Waals surface area (Å²) in [6, 6.07) is 0.726. The molecular weight excluding hydrogens is 352 g/mol. The number of piperidine rings is 1. The van der Waals surface area contributed by atoms with Crippen LogP contribution in [0.3, 0.4) is 0 Å². The lowest BCUT2D eigenvalue weighted by Crippen LogP contribution is -2.49. The van der Waals surface area contributed by atoms with Crippen LogP contribution in [0.15, 0.2) is 6.20 Å². The summed E-state index contributed by atoms with van der Waals surface area (Å²) in [4.78, 5) is 12.0. The number of nitrogens with one attached hydrogen (secondary N) is 1. The van der Waals surface area contributed by atoms with E-state index in [-0.39, 0.29) is 0 Å². The molecule has 8 heteroatoms. The van der Waals surface area contributed by atoms with Crippen LogP contribution in [0.4, 0.5) is 5.95 Å². The molecule has 0 amide bonds. The van der Waals surface area contributed by atoms with Gasteiger partial charge in [-0.3, -0.25) is 9.45 Å². The lowest BCUT2D eigenvalue weighted by Gasteiger charge is -2.44. The van der Waals surface area contributed by atoms with Crippen molar-refractivity contribution >= 4 is 16.1 Å². The molecule has 2 N–H and O–H groups in total. The first-order chi connectivity index (χ1) is 12.3. The molecule has 1 aromatic heterocycles. The average molecular weight is 385 g/mol. The minimum atomic E-state index is -3.67. The second-order valence-corrected chi connectivity index (χ2v) is 8.71. The van der Waals surface area contributed by atoms with Crippen molar-refractivity contribution in [2.45, 2.75) is 58.4 Å². The number of hydrogen-bond acceptors (Lipinski definition) is 6. The molecule has 1 aliphatic carbocycles. The van der Waals surface area contributed by atoms with Gasteiger partial charge in [0.15, 0.2) is 0 Å². The molecule has 2 atom stereocenters. The van der Waals surface area contributed by atoms with Crippen molar-refractivity contribution in [3.8, 4) is 0 Å². The number of rotatable bonds is 5. The minimum absolute atomic E-state index is 0.715. The number of anilines is 1. The van der Waals surface area contributed by atoms with Gasteiger partial charge in [-0.2, -0.15) is 8.42 Å². The molecule has 1 fully saturated rings. The third kappa shape index (κ3) is 6.48. The average Bonchev–Trinajstić information content (AvgIpc) is 2.57. The Hall–Kier alpha value is -1.25. The maximum Gasteiger partial charge on any atom is 0.261 e. The molecule has 26 heavy (non-hydrogen) atoms.